The molecule has 2 atom stereocenters. The van der Waals surface area contributed by atoms with Crippen molar-refractivity contribution in [1.82, 2.24) is 9.78 Å². The third kappa shape index (κ3) is 3.34. The highest BCUT2D eigenvalue weighted by atomic mass is 79.9. The zero-order valence-corrected chi connectivity index (χ0v) is 11.6. The summed E-state index contributed by atoms with van der Waals surface area (Å²) >= 11 is 3.86. The van der Waals surface area contributed by atoms with Crippen LogP contribution >= 0.6 is 15.9 Å². The van der Waals surface area contributed by atoms with Gasteiger partial charge in [0.15, 0.2) is 0 Å². The Kier molecular flexibility index (Phi) is 4.45. The largest absolute Gasteiger partial charge is 0.276 e. The second-order valence-corrected chi connectivity index (χ2v) is 6.15. The van der Waals surface area contributed by atoms with Gasteiger partial charge in [0.25, 0.3) is 0 Å². The number of alkyl halides is 1. The van der Waals surface area contributed by atoms with Crippen LogP contribution in [0, 0.1) is 5.92 Å². The SMILES string of the molecule is Cn1cc(CCC2CCCCCC2Br)cn1. The van der Waals surface area contributed by atoms with Gasteiger partial charge in [-0.3, -0.25) is 4.68 Å². The quantitative estimate of drug-likeness (QED) is 0.611. The van der Waals surface area contributed by atoms with E-state index in [2.05, 4.69) is 27.2 Å². The van der Waals surface area contributed by atoms with Crippen LogP contribution in [0.5, 0.6) is 0 Å². The lowest BCUT2D eigenvalue weighted by Gasteiger charge is -2.19. The third-order valence-corrected chi connectivity index (χ3v) is 4.83. The Hall–Kier alpha value is -0.310. The van der Waals surface area contributed by atoms with Gasteiger partial charge in [-0.1, -0.05) is 35.2 Å². The van der Waals surface area contributed by atoms with Crippen molar-refractivity contribution in [2.24, 2.45) is 13.0 Å². The second kappa shape index (κ2) is 5.85. The number of aryl methyl sites for hydroxylation is 2. The molecule has 0 amide bonds. The first kappa shape index (κ1) is 12.2. The summed E-state index contributed by atoms with van der Waals surface area (Å²) in [4.78, 5) is 0.742. The Morgan fingerprint density at radius 1 is 1.38 bits per heavy atom. The Morgan fingerprint density at radius 3 is 2.94 bits per heavy atom. The van der Waals surface area contributed by atoms with Crippen molar-refractivity contribution in [1.29, 1.82) is 0 Å². The summed E-state index contributed by atoms with van der Waals surface area (Å²) in [6, 6.07) is 0. The van der Waals surface area contributed by atoms with E-state index in [0.717, 1.165) is 10.7 Å². The normalized spacial score (nSPS) is 26.6. The topological polar surface area (TPSA) is 17.8 Å². The van der Waals surface area contributed by atoms with Crippen LogP contribution in [0.1, 0.15) is 44.1 Å². The summed E-state index contributed by atoms with van der Waals surface area (Å²) in [6.45, 7) is 0. The number of halogens is 1. The molecule has 2 rings (SSSR count). The minimum atomic E-state index is 0.742. The molecule has 0 radical (unpaired) electrons. The number of hydrogen-bond donors (Lipinski definition) is 0. The van der Waals surface area contributed by atoms with Crippen molar-refractivity contribution >= 4 is 15.9 Å². The molecule has 3 heteroatoms. The maximum atomic E-state index is 4.22. The molecule has 1 aliphatic carbocycles. The van der Waals surface area contributed by atoms with Crippen molar-refractivity contribution in [2.45, 2.75) is 49.8 Å². The Bertz CT molecular complexity index is 321. The predicted octanol–water partition coefficient (Wildman–Crippen LogP) is 3.70. The smallest absolute Gasteiger partial charge is 0.0521 e. The number of aromatic nitrogens is 2. The molecule has 1 aliphatic rings. The van der Waals surface area contributed by atoms with E-state index in [-0.39, 0.29) is 0 Å². The van der Waals surface area contributed by atoms with E-state index in [1.54, 1.807) is 0 Å². The molecule has 0 N–H and O–H groups in total. The summed E-state index contributed by atoms with van der Waals surface area (Å²) in [5.41, 5.74) is 1.38. The van der Waals surface area contributed by atoms with E-state index in [4.69, 9.17) is 0 Å². The van der Waals surface area contributed by atoms with Gasteiger partial charge in [-0.05, 0) is 37.2 Å². The van der Waals surface area contributed by atoms with Crippen LogP contribution in [-0.4, -0.2) is 14.6 Å². The summed E-state index contributed by atoms with van der Waals surface area (Å²) in [6.07, 6.45) is 13.6. The van der Waals surface area contributed by atoms with Crippen LogP contribution in [0.4, 0.5) is 0 Å². The molecule has 2 nitrogen and oxygen atoms in total. The fraction of sp³-hybridized carbons (Fsp3) is 0.769. The van der Waals surface area contributed by atoms with Gasteiger partial charge in [-0.15, -0.1) is 0 Å². The van der Waals surface area contributed by atoms with Crippen LogP contribution in [0.25, 0.3) is 0 Å². The minimum Gasteiger partial charge on any atom is -0.276 e. The predicted molar refractivity (Wildman–Crippen MR) is 70.8 cm³/mol. The first-order valence-electron chi connectivity index (χ1n) is 6.37. The molecule has 0 spiro atoms. The van der Waals surface area contributed by atoms with Crippen molar-refractivity contribution in [3.63, 3.8) is 0 Å². The lowest BCUT2D eigenvalue weighted by atomic mass is 9.93. The molecule has 0 saturated heterocycles. The Labute approximate surface area is 107 Å². The summed E-state index contributed by atoms with van der Waals surface area (Å²) in [5, 5.41) is 4.22. The molecule has 1 aromatic rings. The molecule has 0 aliphatic heterocycles. The van der Waals surface area contributed by atoms with Crippen LogP contribution in [-0.2, 0) is 13.5 Å². The van der Waals surface area contributed by atoms with Crippen LogP contribution in [0.3, 0.4) is 0 Å². The zero-order chi connectivity index (χ0) is 11.4. The fourth-order valence-corrected chi connectivity index (χ4v) is 3.47. The lowest BCUT2D eigenvalue weighted by Crippen LogP contribution is -2.13. The molecule has 1 aromatic heterocycles. The van der Waals surface area contributed by atoms with Gasteiger partial charge in [0.05, 0.1) is 6.20 Å². The van der Waals surface area contributed by atoms with Gasteiger partial charge in [-0.2, -0.15) is 5.10 Å². The molecule has 0 aromatic carbocycles. The fourth-order valence-electron chi connectivity index (χ4n) is 2.62. The van der Waals surface area contributed by atoms with Gasteiger partial charge in [0, 0.05) is 18.1 Å². The average Bonchev–Trinajstić information content (AvgIpc) is 2.56. The average molecular weight is 285 g/mol. The highest BCUT2D eigenvalue weighted by molar-refractivity contribution is 9.09. The van der Waals surface area contributed by atoms with E-state index in [1.165, 1.54) is 50.5 Å². The van der Waals surface area contributed by atoms with E-state index in [9.17, 15) is 0 Å². The zero-order valence-electron chi connectivity index (χ0n) is 10.0. The third-order valence-electron chi connectivity index (χ3n) is 3.63. The Balaban J connectivity index is 1.83. The standard InChI is InChI=1S/C13H21BrN2/c1-16-10-11(9-15-16)7-8-12-5-3-2-4-6-13(12)14/h9-10,12-13H,2-8H2,1H3. The van der Waals surface area contributed by atoms with Gasteiger partial charge in [-0.25, -0.2) is 0 Å². The van der Waals surface area contributed by atoms with E-state index < -0.39 is 0 Å². The number of hydrogen-bond acceptors (Lipinski definition) is 1. The minimum absolute atomic E-state index is 0.742. The van der Waals surface area contributed by atoms with Crippen molar-refractivity contribution in [3.05, 3.63) is 18.0 Å². The van der Waals surface area contributed by atoms with Gasteiger partial charge >= 0.3 is 0 Å². The maximum absolute atomic E-state index is 4.22. The number of rotatable bonds is 3. The highest BCUT2D eigenvalue weighted by Crippen LogP contribution is 2.31. The van der Waals surface area contributed by atoms with Crippen LogP contribution in [0.15, 0.2) is 12.4 Å². The first-order valence-corrected chi connectivity index (χ1v) is 7.29. The molecule has 1 heterocycles. The summed E-state index contributed by atoms with van der Waals surface area (Å²) in [5.74, 6) is 0.864. The van der Waals surface area contributed by atoms with Crippen molar-refractivity contribution < 1.29 is 0 Å². The number of nitrogens with zero attached hydrogens (tertiary/aromatic N) is 2. The molecular formula is C13H21BrN2. The molecule has 2 unspecified atom stereocenters. The summed E-state index contributed by atoms with van der Waals surface area (Å²) in [7, 11) is 1.99. The van der Waals surface area contributed by atoms with Gasteiger partial charge in [0.1, 0.15) is 0 Å². The maximum Gasteiger partial charge on any atom is 0.0521 e. The second-order valence-electron chi connectivity index (χ2n) is 4.98. The highest BCUT2D eigenvalue weighted by Gasteiger charge is 2.20. The van der Waals surface area contributed by atoms with E-state index in [0.29, 0.717) is 0 Å². The first-order chi connectivity index (χ1) is 7.75. The van der Waals surface area contributed by atoms with Crippen molar-refractivity contribution in [3.8, 4) is 0 Å². The summed E-state index contributed by atoms with van der Waals surface area (Å²) < 4.78 is 1.90. The van der Waals surface area contributed by atoms with Gasteiger partial charge in [0.2, 0.25) is 0 Å². The molecule has 1 saturated carbocycles. The van der Waals surface area contributed by atoms with E-state index in [1.807, 2.05) is 17.9 Å². The van der Waals surface area contributed by atoms with Crippen LogP contribution < -0.4 is 0 Å². The molecule has 1 fully saturated rings. The molecule has 90 valence electrons. The molecule has 0 bridgehead atoms. The van der Waals surface area contributed by atoms with E-state index >= 15 is 0 Å². The molecule has 16 heavy (non-hydrogen) atoms. The Morgan fingerprint density at radius 2 is 2.19 bits per heavy atom. The van der Waals surface area contributed by atoms with Crippen molar-refractivity contribution in [2.75, 3.05) is 0 Å². The van der Waals surface area contributed by atoms with Crippen LogP contribution in [0.2, 0.25) is 0 Å². The van der Waals surface area contributed by atoms with Gasteiger partial charge < -0.3 is 0 Å². The lowest BCUT2D eigenvalue weighted by molar-refractivity contribution is 0.444. The molecular weight excluding hydrogens is 264 g/mol. The monoisotopic (exact) mass is 284 g/mol.